The van der Waals surface area contributed by atoms with Crippen LogP contribution in [0.1, 0.15) is 10.4 Å². The Bertz CT molecular complexity index is 594. The van der Waals surface area contributed by atoms with Crippen LogP contribution in [0.25, 0.3) is 11.1 Å². The first-order valence-corrected chi connectivity index (χ1v) is 5.46. The summed E-state index contributed by atoms with van der Waals surface area (Å²) in [6.07, 6.45) is 0. The van der Waals surface area contributed by atoms with Crippen molar-refractivity contribution < 1.29 is 9.53 Å². The van der Waals surface area contributed by atoms with Crippen LogP contribution in [0.4, 0.5) is 11.4 Å². The van der Waals surface area contributed by atoms with Gasteiger partial charge in [-0.1, -0.05) is 18.2 Å². The first-order chi connectivity index (χ1) is 8.63. The molecule has 92 valence electrons. The lowest BCUT2D eigenvalue weighted by atomic mass is 9.97. The van der Waals surface area contributed by atoms with Crippen LogP contribution in [0, 0.1) is 0 Å². The third kappa shape index (κ3) is 2.13. The normalized spacial score (nSPS) is 10.1. The van der Waals surface area contributed by atoms with Crippen molar-refractivity contribution in [1.82, 2.24) is 0 Å². The molecular weight excluding hydrogens is 228 g/mol. The highest BCUT2D eigenvalue weighted by atomic mass is 16.5. The van der Waals surface area contributed by atoms with Gasteiger partial charge in [0.2, 0.25) is 0 Å². The summed E-state index contributed by atoms with van der Waals surface area (Å²) in [5.74, 6) is -0.409. The van der Waals surface area contributed by atoms with E-state index in [0.717, 1.165) is 5.56 Å². The number of hydrogen-bond donors (Lipinski definition) is 2. The second-order valence-electron chi connectivity index (χ2n) is 3.88. The monoisotopic (exact) mass is 242 g/mol. The molecule has 4 heteroatoms. The Morgan fingerprint density at radius 2 is 1.78 bits per heavy atom. The average molecular weight is 242 g/mol. The molecule has 0 atom stereocenters. The number of hydrogen-bond acceptors (Lipinski definition) is 4. The number of para-hydroxylation sites is 1. The van der Waals surface area contributed by atoms with Gasteiger partial charge in [0, 0.05) is 22.5 Å². The zero-order valence-electron chi connectivity index (χ0n) is 10.0. The van der Waals surface area contributed by atoms with Gasteiger partial charge in [-0.15, -0.1) is 0 Å². The minimum absolute atomic E-state index is 0.409. The van der Waals surface area contributed by atoms with Gasteiger partial charge in [-0.3, -0.25) is 0 Å². The highest BCUT2D eigenvalue weighted by Crippen LogP contribution is 2.30. The minimum atomic E-state index is -0.409. The number of nitrogens with two attached hydrogens (primary N) is 2. The van der Waals surface area contributed by atoms with E-state index in [1.165, 1.54) is 7.11 Å². The molecule has 4 nitrogen and oxygen atoms in total. The van der Waals surface area contributed by atoms with E-state index in [-0.39, 0.29) is 0 Å². The Balaban J connectivity index is 2.66. The van der Waals surface area contributed by atoms with Crippen molar-refractivity contribution >= 4 is 17.3 Å². The predicted molar refractivity (Wildman–Crippen MR) is 72.0 cm³/mol. The molecule has 2 rings (SSSR count). The molecule has 0 heterocycles. The largest absolute Gasteiger partial charge is 0.465 e. The van der Waals surface area contributed by atoms with Gasteiger partial charge in [-0.25, -0.2) is 4.79 Å². The number of methoxy groups -OCH3 is 1. The molecule has 4 N–H and O–H groups in total. The molecule has 0 radical (unpaired) electrons. The first kappa shape index (κ1) is 12.0. The van der Waals surface area contributed by atoms with E-state index in [1.807, 2.05) is 18.2 Å². The summed E-state index contributed by atoms with van der Waals surface area (Å²) >= 11 is 0. The van der Waals surface area contributed by atoms with Crippen LogP contribution in [0.5, 0.6) is 0 Å². The Hall–Kier alpha value is -2.49. The van der Waals surface area contributed by atoms with E-state index in [4.69, 9.17) is 16.2 Å². The zero-order chi connectivity index (χ0) is 13.1. The summed E-state index contributed by atoms with van der Waals surface area (Å²) in [6.45, 7) is 0. The fourth-order valence-corrected chi connectivity index (χ4v) is 1.81. The van der Waals surface area contributed by atoms with Crippen LogP contribution in [0.3, 0.4) is 0 Å². The Labute approximate surface area is 105 Å². The van der Waals surface area contributed by atoms with Gasteiger partial charge in [0.1, 0.15) is 0 Å². The number of carbonyl (C=O) groups is 1. The van der Waals surface area contributed by atoms with Gasteiger partial charge >= 0.3 is 5.97 Å². The highest BCUT2D eigenvalue weighted by molar-refractivity contribution is 5.99. The smallest absolute Gasteiger partial charge is 0.338 e. The first-order valence-electron chi connectivity index (χ1n) is 5.46. The standard InChI is InChI=1S/C14H14N2O2/c1-18-14(17)11-7-6-9(15)8-12(11)10-4-2-3-5-13(10)16/h2-8H,15-16H2,1H3. The zero-order valence-corrected chi connectivity index (χ0v) is 10.0. The fraction of sp³-hybridized carbons (Fsp3) is 0.0714. The summed E-state index contributed by atoms with van der Waals surface area (Å²) < 4.78 is 4.76. The molecule has 0 aliphatic carbocycles. The maximum Gasteiger partial charge on any atom is 0.338 e. The summed E-state index contributed by atoms with van der Waals surface area (Å²) in [4.78, 5) is 11.7. The Morgan fingerprint density at radius 1 is 1.06 bits per heavy atom. The van der Waals surface area contributed by atoms with Crippen LogP contribution >= 0.6 is 0 Å². The summed E-state index contributed by atoms with van der Waals surface area (Å²) in [7, 11) is 1.34. The number of ether oxygens (including phenoxy) is 1. The van der Waals surface area contributed by atoms with Crippen molar-refractivity contribution in [2.75, 3.05) is 18.6 Å². The second kappa shape index (κ2) is 4.79. The second-order valence-corrected chi connectivity index (χ2v) is 3.88. The van der Waals surface area contributed by atoms with Crippen molar-refractivity contribution in [3.05, 3.63) is 48.0 Å². The number of rotatable bonds is 2. The topological polar surface area (TPSA) is 78.3 Å². The van der Waals surface area contributed by atoms with Crippen LogP contribution in [0.2, 0.25) is 0 Å². The van der Waals surface area contributed by atoms with E-state index in [9.17, 15) is 4.79 Å². The predicted octanol–water partition coefficient (Wildman–Crippen LogP) is 2.30. The third-order valence-corrected chi connectivity index (χ3v) is 2.70. The molecule has 0 fully saturated rings. The molecule has 0 bridgehead atoms. The molecule has 0 unspecified atom stereocenters. The van der Waals surface area contributed by atoms with Crippen molar-refractivity contribution in [2.24, 2.45) is 0 Å². The van der Waals surface area contributed by atoms with Crippen molar-refractivity contribution in [2.45, 2.75) is 0 Å². The van der Waals surface area contributed by atoms with Gasteiger partial charge in [0.05, 0.1) is 12.7 Å². The lowest BCUT2D eigenvalue weighted by molar-refractivity contribution is 0.0601. The number of esters is 1. The average Bonchev–Trinajstić information content (AvgIpc) is 2.38. The Morgan fingerprint density at radius 3 is 2.44 bits per heavy atom. The molecule has 18 heavy (non-hydrogen) atoms. The molecule has 0 aromatic heterocycles. The van der Waals surface area contributed by atoms with E-state index >= 15 is 0 Å². The van der Waals surface area contributed by atoms with Crippen molar-refractivity contribution in [3.8, 4) is 11.1 Å². The number of carbonyl (C=O) groups excluding carboxylic acids is 1. The van der Waals surface area contributed by atoms with E-state index < -0.39 is 5.97 Å². The Kier molecular flexibility index (Phi) is 3.19. The quantitative estimate of drug-likeness (QED) is 0.625. The van der Waals surface area contributed by atoms with Gasteiger partial charge in [-0.05, 0) is 24.3 Å². The highest BCUT2D eigenvalue weighted by Gasteiger charge is 2.14. The molecule has 0 saturated heterocycles. The van der Waals surface area contributed by atoms with E-state index in [0.29, 0.717) is 22.5 Å². The number of benzene rings is 2. The number of nitrogen functional groups attached to an aromatic ring is 2. The van der Waals surface area contributed by atoms with Gasteiger partial charge < -0.3 is 16.2 Å². The van der Waals surface area contributed by atoms with Gasteiger partial charge in [-0.2, -0.15) is 0 Å². The molecule has 2 aromatic carbocycles. The number of anilines is 2. The molecule has 2 aromatic rings. The minimum Gasteiger partial charge on any atom is -0.465 e. The SMILES string of the molecule is COC(=O)c1ccc(N)cc1-c1ccccc1N. The van der Waals surface area contributed by atoms with E-state index in [1.54, 1.807) is 24.3 Å². The summed E-state index contributed by atoms with van der Waals surface area (Å²) in [5, 5.41) is 0. The van der Waals surface area contributed by atoms with Crippen LogP contribution < -0.4 is 11.5 Å². The molecule has 0 aliphatic rings. The van der Waals surface area contributed by atoms with Gasteiger partial charge in [0.25, 0.3) is 0 Å². The fourth-order valence-electron chi connectivity index (χ4n) is 1.81. The lowest BCUT2D eigenvalue weighted by Crippen LogP contribution is -2.05. The van der Waals surface area contributed by atoms with Gasteiger partial charge in [0.15, 0.2) is 0 Å². The summed E-state index contributed by atoms with van der Waals surface area (Å²) in [6, 6.07) is 12.3. The maximum atomic E-state index is 11.7. The van der Waals surface area contributed by atoms with Crippen molar-refractivity contribution in [1.29, 1.82) is 0 Å². The van der Waals surface area contributed by atoms with Crippen LogP contribution in [-0.2, 0) is 4.74 Å². The molecule has 0 amide bonds. The lowest BCUT2D eigenvalue weighted by Gasteiger charge is -2.11. The molecule has 0 spiro atoms. The maximum absolute atomic E-state index is 11.7. The molecular formula is C14H14N2O2. The van der Waals surface area contributed by atoms with Crippen LogP contribution in [0.15, 0.2) is 42.5 Å². The summed E-state index contributed by atoms with van der Waals surface area (Å²) in [5.41, 5.74) is 14.7. The van der Waals surface area contributed by atoms with Crippen LogP contribution in [-0.4, -0.2) is 13.1 Å². The molecule has 0 aliphatic heterocycles. The molecule has 0 saturated carbocycles. The third-order valence-electron chi connectivity index (χ3n) is 2.70. The van der Waals surface area contributed by atoms with Crippen molar-refractivity contribution in [3.63, 3.8) is 0 Å². The van der Waals surface area contributed by atoms with E-state index in [2.05, 4.69) is 0 Å².